The molecule has 2 N–H and O–H groups in total. The summed E-state index contributed by atoms with van der Waals surface area (Å²) in [6.07, 6.45) is 6.00. The SMILES string of the molecule is CC(Nc1nccc(C(=O)O)c1F)C1CCCC1. The summed E-state index contributed by atoms with van der Waals surface area (Å²) in [7, 11) is 0. The standard InChI is InChI=1S/C13H17FN2O2/c1-8(9-4-2-3-5-9)16-12-11(14)10(13(17)18)6-7-15-12/h6-9H,2-5H2,1H3,(H,15,16)(H,17,18). The number of pyridine rings is 1. The minimum atomic E-state index is -1.27. The van der Waals surface area contributed by atoms with Crippen molar-refractivity contribution in [3.05, 3.63) is 23.6 Å². The lowest BCUT2D eigenvalue weighted by atomic mass is 10.00. The average molecular weight is 252 g/mol. The van der Waals surface area contributed by atoms with Crippen LogP contribution in [0.2, 0.25) is 0 Å². The van der Waals surface area contributed by atoms with E-state index in [1.165, 1.54) is 25.1 Å². The van der Waals surface area contributed by atoms with E-state index in [1.807, 2.05) is 6.92 Å². The highest BCUT2D eigenvalue weighted by Gasteiger charge is 2.23. The first-order valence-corrected chi connectivity index (χ1v) is 6.24. The van der Waals surface area contributed by atoms with Crippen molar-refractivity contribution >= 4 is 11.8 Å². The number of halogens is 1. The third kappa shape index (κ3) is 2.60. The van der Waals surface area contributed by atoms with Gasteiger partial charge >= 0.3 is 5.97 Å². The summed E-state index contributed by atoms with van der Waals surface area (Å²) >= 11 is 0. The van der Waals surface area contributed by atoms with Crippen molar-refractivity contribution in [2.75, 3.05) is 5.32 Å². The van der Waals surface area contributed by atoms with Crippen LogP contribution < -0.4 is 5.32 Å². The van der Waals surface area contributed by atoms with Gasteiger partial charge in [-0.25, -0.2) is 14.2 Å². The number of rotatable bonds is 4. The molecule has 1 aromatic rings. The molecule has 0 spiro atoms. The molecule has 1 atom stereocenters. The molecule has 1 aliphatic carbocycles. The van der Waals surface area contributed by atoms with Gasteiger partial charge in [-0.1, -0.05) is 12.8 Å². The third-order valence-corrected chi connectivity index (χ3v) is 3.59. The van der Waals surface area contributed by atoms with Crippen molar-refractivity contribution in [2.45, 2.75) is 38.6 Å². The van der Waals surface area contributed by atoms with Gasteiger partial charge in [0.2, 0.25) is 0 Å². The molecule has 0 bridgehead atoms. The van der Waals surface area contributed by atoms with Crippen molar-refractivity contribution in [1.82, 2.24) is 4.98 Å². The van der Waals surface area contributed by atoms with E-state index in [1.54, 1.807) is 0 Å². The highest BCUT2D eigenvalue weighted by Crippen LogP contribution is 2.29. The second kappa shape index (κ2) is 5.33. The summed E-state index contributed by atoms with van der Waals surface area (Å²) in [6.45, 7) is 1.99. The van der Waals surface area contributed by atoms with E-state index in [9.17, 15) is 9.18 Å². The molecule has 0 saturated heterocycles. The van der Waals surface area contributed by atoms with Crippen LogP contribution in [0.25, 0.3) is 0 Å². The molecular formula is C13H17FN2O2. The molecule has 0 amide bonds. The Morgan fingerprint density at radius 2 is 2.22 bits per heavy atom. The van der Waals surface area contributed by atoms with E-state index in [2.05, 4.69) is 10.3 Å². The Morgan fingerprint density at radius 1 is 1.56 bits per heavy atom. The van der Waals surface area contributed by atoms with E-state index < -0.39 is 11.8 Å². The Bertz CT molecular complexity index is 445. The molecule has 18 heavy (non-hydrogen) atoms. The number of nitrogens with one attached hydrogen (secondary N) is 1. The van der Waals surface area contributed by atoms with Crippen LogP contribution in [0.5, 0.6) is 0 Å². The van der Waals surface area contributed by atoms with Gasteiger partial charge in [-0.3, -0.25) is 0 Å². The highest BCUT2D eigenvalue weighted by molar-refractivity contribution is 5.88. The lowest BCUT2D eigenvalue weighted by molar-refractivity contribution is 0.0692. The van der Waals surface area contributed by atoms with E-state index in [4.69, 9.17) is 5.11 Å². The molecule has 1 heterocycles. The first-order valence-electron chi connectivity index (χ1n) is 6.24. The molecule has 1 saturated carbocycles. The molecule has 0 aromatic carbocycles. The zero-order chi connectivity index (χ0) is 13.1. The molecule has 0 aliphatic heterocycles. The maximum absolute atomic E-state index is 13.9. The maximum atomic E-state index is 13.9. The van der Waals surface area contributed by atoms with Crippen LogP contribution in [-0.4, -0.2) is 22.1 Å². The summed E-state index contributed by atoms with van der Waals surface area (Å²) in [5, 5.41) is 11.8. The van der Waals surface area contributed by atoms with Gasteiger partial charge in [0.1, 0.15) is 5.56 Å². The van der Waals surface area contributed by atoms with E-state index in [0.29, 0.717) is 5.92 Å². The van der Waals surface area contributed by atoms with Crippen LogP contribution in [0, 0.1) is 11.7 Å². The van der Waals surface area contributed by atoms with Crippen molar-refractivity contribution in [2.24, 2.45) is 5.92 Å². The smallest absolute Gasteiger partial charge is 0.338 e. The van der Waals surface area contributed by atoms with Gasteiger partial charge < -0.3 is 10.4 Å². The van der Waals surface area contributed by atoms with E-state index >= 15 is 0 Å². The van der Waals surface area contributed by atoms with Gasteiger partial charge in [-0.05, 0) is 31.7 Å². The lowest BCUT2D eigenvalue weighted by Gasteiger charge is -2.21. The summed E-state index contributed by atoms with van der Waals surface area (Å²) in [5.74, 6) is -1.50. The van der Waals surface area contributed by atoms with Crippen LogP contribution in [0.4, 0.5) is 10.2 Å². The fraction of sp³-hybridized carbons (Fsp3) is 0.538. The number of anilines is 1. The number of aromatic carboxylic acids is 1. The van der Waals surface area contributed by atoms with Crippen LogP contribution in [0.1, 0.15) is 43.0 Å². The highest BCUT2D eigenvalue weighted by atomic mass is 19.1. The molecule has 98 valence electrons. The monoisotopic (exact) mass is 252 g/mol. The Kier molecular flexibility index (Phi) is 3.79. The Morgan fingerprint density at radius 3 is 2.83 bits per heavy atom. The van der Waals surface area contributed by atoms with E-state index in [0.717, 1.165) is 12.8 Å². The largest absolute Gasteiger partial charge is 0.478 e. The van der Waals surface area contributed by atoms with Crippen molar-refractivity contribution in [3.8, 4) is 0 Å². The zero-order valence-corrected chi connectivity index (χ0v) is 10.3. The first kappa shape index (κ1) is 12.8. The summed E-state index contributed by atoms with van der Waals surface area (Å²) in [5.41, 5.74) is -0.342. The normalized spacial score (nSPS) is 17.7. The van der Waals surface area contributed by atoms with Crippen molar-refractivity contribution in [1.29, 1.82) is 0 Å². The predicted octanol–water partition coefficient (Wildman–Crippen LogP) is 2.91. The minimum Gasteiger partial charge on any atom is -0.478 e. The Labute approximate surface area is 105 Å². The predicted molar refractivity (Wildman–Crippen MR) is 66.2 cm³/mol. The lowest BCUT2D eigenvalue weighted by Crippen LogP contribution is -2.25. The van der Waals surface area contributed by atoms with Crippen LogP contribution in [-0.2, 0) is 0 Å². The molecule has 1 aliphatic rings. The van der Waals surface area contributed by atoms with Gasteiger partial charge in [0.15, 0.2) is 11.6 Å². The van der Waals surface area contributed by atoms with Gasteiger partial charge in [0.05, 0.1) is 0 Å². The molecular weight excluding hydrogens is 235 g/mol. The van der Waals surface area contributed by atoms with Crippen molar-refractivity contribution < 1.29 is 14.3 Å². The van der Waals surface area contributed by atoms with Crippen LogP contribution in [0.15, 0.2) is 12.3 Å². The average Bonchev–Trinajstić information content (AvgIpc) is 2.85. The molecule has 0 radical (unpaired) electrons. The fourth-order valence-electron chi connectivity index (χ4n) is 2.50. The fourth-order valence-corrected chi connectivity index (χ4v) is 2.50. The summed E-state index contributed by atoms with van der Waals surface area (Å²) in [4.78, 5) is 14.7. The summed E-state index contributed by atoms with van der Waals surface area (Å²) in [6, 6.07) is 1.28. The van der Waals surface area contributed by atoms with Crippen LogP contribution >= 0.6 is 0 Å². The zero-order valence-electron chi connectivity index (χ0n) is 10.3. The first-order chi connectivity index (χ1) is 8.59. The third-order valence-electron chi connectivity index (χ3n) is 3.59. The Hall–Kier alpha value is -1.65. The van der Waals surface area contributed by atoms with Crippen LogP contribution in [0.3, 0.4) is 0 Å². The van der Waals surface area contributed by atoms with Gasteiger partial charge in [-0.15, -0.1) is 0 Å². The molecule has 1 unspecified atom stereocenters. The Balaban J connectivity index is 2.13. The number of carbonyl (C=O) groups is 1. The number of hydrogen-bond acceptors (Lipinski definition) is 3. The molecule has 2 rings (SSSR count). The van der Waals surface area contributed by atoms with E-state index in [-0.39, 0.29) is 17.4 Å². The topological polar surface area (TPSA) is 62.2 Å². The maximum Gasteiger partial charge on any atom is 0.338 e. The second-order valence-electron chi connectivity index (χ2n) is 4.80. The molecule has 1 fully saturated rings. The summed E-state index contributed by atoms with van der Waals surface area (Å²) < 4.78 is 13.9. The molecule has 5 heteroatoms. The number of nitrogens with zero attached hydrogens (tertiary/aromatic N) is 1. The van der Waals surface area contributed by atoms with Gasteiger partial charge in [-0.2, -0.15) is 0 Å². The molecule has 4 nitrogen and oxygen atoms in total. The number of hydrogen-bond donors (Lipinski definition) is 2. The van der Waals surface area contributed by atoms with Crippen molar-refractivity contribution in [3.63, 3.8) is 0 Å². The number of aromatic nitrogens is 1. The number of carboxylic acids is 1. The second-order valence-corrected chi connectivity index (χ2v) is 4.80. The number of carboxylic acid groups (broad SMARTS) is 1. The quantitative estimate of drug-likeness (QED) is 0.864. The minimum absolute atomic E-state index is 0.0364. The molecule has 1 aromatic heterocycles. The van der Waals surface area contributed by atoms with Gasteiger partial charge in [0, 0.05) is 12.2 Å². The van der Waals surface area contributed by atoms with Gasteiger partial charge in [0.25, 0.3) is 0 Å².